The summed E-state index contributed by atoms with van der Waals surface area (Å²) in [6, 6.07) is 19.7. The van der Waals surface area contributed by atoms with Crippen LogP contribution >= 0.6 is 0 Å². The van der Waals surface area contributed by atoms with Crippen LogP contribution in [0.15, 0.2) is 66.9 Å². The van der Waals surface area contributed by atoms with Crippen LogP contribution in [0, 0.1) is 23.1 Å². The lowest BCUT2D eigenvalue weighted by molar-refractivity contribution is 0.101. The Labute approximate surface area is 217 Å². The fraction of sp³-hybridized carbons (Fsp3) is 0.367. The van der Waals surface area contributed by atoms with Gasteiger partial charge < -0.3 is 14.4 Å². The molecule has 1 fully saturated rings. The van der Waals surface area contributed by atoms with Crippen LogP contribution in [-0.2, 0) is 5.41 Å². The molecule has 1 atom stereocenters. The number of carbonyl (C=O) groups is 1. The number of nitriles is 1. The maximum absolute atomic E-state index is 13.7. The molecule has 37 heavy (non-hydrogen) atoms. The number of methoxy groups -OCH3 is 1. The summed E-state index contributed by atoms with van der Waals surface area (Å²) in [6.45, 7) is 4.65. The van der Waals surface area contributed by atoms with E-state index in [2.05, 4.69) is 16.0 Å². The average molecular weight is 502 g/mol. The third-order valence-corrected chi connectivity index (χ3v) is 7.19. The highest BCUT2D eigenvalue weighted by molar-refractivity contribution is 5.94. The lowest BCUT2D eigenvalue weighted by Crippen LogP contribution is -2.44. The van der Waals surface area contributed by atoms with Crippen LogP contribution < -0.4 is 9.47 Å². The number of carbonyl (C=O) groups excluding carboxylic acids is 1. The second-order valence-electron chi connectivity index (χ2n) is 9.38. The number of hydrogen-bond donors (Lipinski definition) is 0. The van der Waals surface area contributed by atoms with Crippen LogP contribution in [0.25, 0.3) is 0 Å². The molecule has 0 saturated carbocycles. The van der Waals surface area contributed by atoms with Crippen LogP contribution in [0.1, 0.15) is 47.8 Å². The van der Waals surface area contributed by atoms with Crippen molar-refractivity contribution in [3.63, 3.8) is 0 Å². The van der Waals surface area contributed by atoms with Gasteiger partial charge in [-0.05, 0) is 93.2 Å². The Bertz CT molecular complexity index is 1240. The first kappa shape index (κ1) is 26.3. The lowest BCUT2D eigenvalue weighted by atomic mass is 9.65. The standard InChI is InChI=1S/C30H32FN3O3/c1-22(35)23-7-12-27(28(20-23)36-2)37-19-5-16-34-17-13-25(14-18-34)30(21-32,29-6-3-4-15-33-29)24-8-10-26(31)11-9-24/h3-4,6-12,15,20,25H,5,13-14,16-19H2,1-2H3. The Morgan fingerprint density at radius 3 is 2.51 bits per heavy atom. The predicted molar refractivity (Wildman–Crippen MR) is 139 cm³/mol. The Morgan fingerprint density at radius 1 is 1.14 bits per heavy atom. The van der Waals surface area contributed by atoms with E-state index in [4.69, 9.17) is 9.47 Å². The summed E-state index contributed by atoms with van der Waals surface area (Å²) in [4.78, 5) is 18.5. The van der Waals surface area contributed by atoms with Gasteiger partial charge in [-0.25, -0.2) is 4.39 Å². The molecular formula is C30H32FN3O3. The van der Waals surface area contributed by atoms with Crippen molar-refractivity contribution in [1.82, 2.24) is 9.88 Å². The second-order valence-corrected chi connectivity index (χ2v) is 9.38. The Morgan fingerprint density at radius 2 is 1.89 bits per heavy atom. The maximum Gasteiger partial charge on any atom is 0.161 e. The molecule has 2 aromatic carbocycles. The highest BCUT2D eigenvalue weighted by atomic mass is 19.1. The van der Waals surface area contributed by atoms with Crippen LogP contribution in [0.2, 0.25) is 0 Å². The molecule has 1 saturated heterocycles. The summed E-state index contributed by atoms with van der Waals surface area (Å²) < 4.78 is 25.0. The van der Waals surface area contributed by atoms with E-state index in [1.165, 1.54) is 19.1 Å². The minimum absolute atomic E-state index is 0.0175. The average Bonchev–Trinajstić information content (AvgIpc) is 2.94. The third kappa shape index (κ3) is 5.81. The van der Waals surface area contributed by atoms with E-state index in [1.54, 1.807) is 43.6 Å². The topological polar surface area (TPSA) is 75.5 Å². The van der Waals surface area contributed by atoms with E-state index in [0.29, 0.717) is 29.4 Å². The zero-order chi connectivity index (χ0) is 26.3. The van der Waals surface area contributed by atoms with Gasteiger partial charge in [0.15, 0.2) is 17.3 Å². The maximum atomic E-state index is 13.7. The second kappa shape index (κ2) is 12.0. The predicted octanol–water partition coefficient (Wildman–Crippen LogP) is 5.42. The summed E-state index contributed by atoms with van der Waals surface area (Å²) in [6.07, 6.45) is 4.22. The van der Waals surface area contributed by atoms with Gasteiger partial charge >= 0.3 is 0 Å². The number of benzene rings is 2. The third-order valence-electron chi connectivity index (χ3n) is 7.19. The molecule has 1 aliphatic heterocycles. The number of piperidine rings is 1. The minimum Gasteiger partial charge on any atom is -0.493 e. The number of rotatable bonds is 10. The van der Waals surface area contributed by atoms with Crippen LogP contribution in [0.5, 0.6) is 11.5 Å². The molecule has 0 N–H and O–H groups in total. The SMILES string of the molecule is COc1cc(C(C)=O)ccc1OCCCN1CCC(C(C#N)(c2ccc(F)cc2)c2ccccn2)CC1. The molecule has 7 heteroatoms. The molecule has 0 bridgehead atoms. The number of ketones is 1. The smallest absolute Gasteiger partial charge is 0.161 e. The first-order valence-electron chi connectivity index (χ1n) is 12.6. The van der Waals surface area contributed by atoms with E-state index in [0.717, 1.165) is 44.5 Å². The van der Waals surface area contributed by atoms with Crippen molar-refractivity contribution >= 4 is 5.78 Å². The Hall–Kier alpha value is -3.76. The highest BCUT2D eigenvalue weighted by Crippen LogP contribution is 2.43. The highest BCUT2D eigenvalue weighted by Gasteiger charge is 2.44. The zero-order valence-corrected chi connectivity index (χ0v) is 21.3. The van der Waals surface area contributed by atoms with Crippen molar-refractivity contribution in [3.8, 4) is 17.6 Å². The summed E-state index contributed by atoms with van der Waals surface area (Å²) in [7, 11) is 1.56. The zero-order valence-electron chi connectivity index (χ0n) is 21.3. The first-order chi connectivity index (χ1) is 18.0. The summed E-state index contributed by atoms with van der Waals surface area (Å²) in [5.41, 5.74) is 1.16. The number of likely N-dealkylation sites (tertiary alicyclic amines) is 1. The van der Waals surface area contributed by atoms with Crippen molar-refractivity contribution in [1.29, 1.82) is 5.26 Å². The molecular weight excluding hydrogens is 469 g/mol. The van der Waals surface area contributed by atoms with Gasteiger partial charge in [0.1, 0.15) is 11.2 Å². The monoisotopic (exact) mass is 501 g/mol. The summed E-state index contributed by atoms with van der Waals surface area (Å²) >= 11 is 0. The normalized spacial score (nSPS) is 15.9. The van der Waals surface area contributed by atoms with E-state index in [1.807, 2.05) is 18.2 Å². The van der Waals surface area contributed by atoms with Crippen molar-refractivity contribution in [3.05, 3.63) is 89.5 Å². The first-order valence-corrected chi connectivity index (χ1v) is 12.6. The number of nitrogens with zero attached hydrogens (tertiary/aromatic N) is 3. The fourth-order valence-corrected chi connectivity index (χ4v) is 5.18. The molecule has 2 heterocycles. The number of aromatic nitrogens is 1. The summed E-state index contributed by atoms with van der Waals surface area (Å²) in [5.74, 6) is 0.906. The number of ether oxygens (including phenoxy) is 2. The summed E-state index contributed by atoms with van der Waals surface area (Å²) in [5, 5.41) is 10.5. The minimum atomic E-state index is -0.924. The molecule has 0 aliphatic carbocycles. The largest absolute Gasteiger partial charge is 0.493 e. The van der Waals surface area contributed by atoms with Crippen LogP contribution in [0.3, 0.4) is 0 Å². The van der Waals surface area contributed by atoms with Crippen molar-refractivity contribution < 1.29 is 18.7 Å². The number of Topliss-reactive ketones (excluding diaryl/α,β-unsaturated/α-hetero) is 1. The van der Waals surface area contributed by atoms with Crippen molar-refractivity contribution in [2.75, 3.05) is 33.4 Å². The van der Waals surface area contributed by atoms with E-state index in [-0.39, 0.29) is 17.5 Å². The lowest BCUT2D eigenvalue weighted by Gasteiger charge is -2.40. The van der Waals surface area contributed by atoms with Crippen molar-refractivity contribution in [2.24, 2.45) is 5.92 Å². The van der Waals surface area contributed by atoms with Gasteiger partial charge in [0, 0.05) is 18.3 Å². The fourth-order valence-electron chi connectivity index (χ4n) is 5.18. The molecule has 3 aromatic rings. The molecule has 192 valence electrons. The molecule has 1 aromatic heterocycles. The van der Waals surface area contributed by atoms with E-state index < -0.39 is 5.41 Å². The quantitative estimate of drug-likeness (QED) is 0.273. The molecule has 0 spiro atoms. The van der Waals surface area contributed by atoms with Crippen LogP contribution in [0.4, 0.5) is 4.39 Å². The van der Waals surface area contributed by atoms with Gasteiger partial charge in [0.2, 0.25) is 0 Å². The van der Waals surface area contributed by atoms with Gasteiger partial charge in [0.05, 0.1) is 25.5 Å². The molecule has 1 aliphatic rings. The molecule has 4 rings (SSSR count). The molecule has 6 nitrogen and oxygen atoms in total. The molecule has 0 amide bonds. The van der Waals surface area contributed by atoms with Gasteiger partial charge in [-0.1, -0.05) is 18.2 Å². The number of hydrogen-bond acceptors (Lipinski definition) is 6. The van der Waals surface area contributed by atoms with E-state index in [9.17, 15) is 14.4 Å². The number of halogens is 1. The Balaban J connectivity index is 1.37. The van der Waals surface area contributed by atoms with Crippen molar-refractivity contribution in [2.45, 2.75) is 31.6 Å². The Kier molecular flexibility index (Phi) is 8.52. The van der Waals surface area contributed by atoms with Gasteiger partial charge in [-0.15, -0.1) is 0 Å². The van der Waals surface area contributed by atoms with Gasteiger partial charge in [-0.3, -0.25) is 9.78 Å². The van der Waals surface area contributed by atoms with Crippen LogP contribution in [-0.4, -0.2) is 49.0 Å². The molecule has 1 unspecified atom stereocenters. The molecule has 0 radical (unpaired) electrons. The van der Waals surface area contributed by atoms with Gasteiger partial charge in [0.25, 0.3) is 0 Å². The van der Waals surface area contributed by atoms with Gasteiger partial charge in [-0.2, -0.15) is 5.26 Å². The van der Waals surface area contributed by atoms with E-state index >= 15 is 0 Å². The number of pyridine rings is 1.